The second-order valence-electron chi connectivity index (χ2n) is 4.64. The summed E-state index contributed by atoms with van der Waals surface area (Å²) in [7, 11) is 0. The molecule has 1 unspecified atom stereocenters. The van der Waals surface area contributed by atoms with Gasteiger partial charge in [-0.25, -0.2) is 0 Å². The van der Waals surface area contributed by atoms with E-state index in [0.29, 0.717) is 0 Å². The van der Waals surface area contributed by atoms with Crippen LogP contribution in [0.25, 0.3) is 0 Å². The maximum Gasteiger partial charge on any atom is -0.0386 e. The lowest BCUT2D eigenvalue weighted by Crippen LogP contribution is -2.20. The summed E-state index contributed by atoms with van der Waals surface area (Å²) in [6, 6.07) is 0. The summed E-state index contributed by atoms with van der Waals surface area (Å²) in [5.74, 6) is 2.96. The molecular weight excluding hydrogens is 144 g/mol. The average molecular weight is 168 g/mol. The maximum absolute atomic E-state index is 2.46. The summed E-state index contributed by atoms with van der Waals surface area (Å²) in [5.41, 5.74) is 0. The number of hydrogen-bond acceptors (Lipinski definition) is 0. The lowest BCUT2D eigenvalue weighted by atomic mass is 9.75. The van der Waals surface area contributed by atoms with Crippen molar-refractivity contribution in [2.75, 3.05) is 0 Å². The highest BCUT2D eigenvalue weighted by Gasteiger charge is 2.23. The fourth-order valence-electron chi connectivity index (χ4n) is 2.50. The Hall–Kier alpha value is 0. The smallest absolute Gasteiger partial charge is 0.0386 e. The van der Waals surface area contributed by atoms with Gasteiger partial charge in [-0.3, -0.25) is 0 Å². The summed E-state index contributed by atoms with van der Waals surface area (Å²) >= 11 is 0. The van der Waals surface area contributed by atoms with Crippen molar-refractivity contribution in [2.45, 2.75) is 59.3 Å². The first-order chi connectivity index (χ1) is 5.75. The third kappa shape index (κ3) is 2.50. The molecule has 0 heteroatoms. The van der Waals surface area contributed by atoms with Gasteiger partial charge in [0.2, 0.25) is 0 Å². The molecule has 2 atom stereocenters. The quantitative estimate of drug-likeness (QED) is 0.591. The Morgan fingerprint density at radius 1 is 1.08 bits per heavy atom. The summed E-state index contributed by atoms with van der Waals surface area (Å²) < 4.78 is 0. The third-order valence-electron chi connectivity index (χ3n) is 3.93. The summed E-state index contributed by atoms with van der Waals surface area (Å²) in [6.45, 7) is 7.20. The molecule has 0 saturated heterocycles. The molecular formula is C12H24. The number of rotatable bonds is 3. The summed E-state index contributed by atoms with van der Waals surface area (Å²) in [6.07, 6.45) is 8.84. The first kappa shape index (κ1) is 10.1. The molecule has 1 saturated carbocycles. The zero-order chi connectivity index (χ0) is 8.97. The molecule has 0 aliphatic heterocycles. The molecule has 0 aromatic carbocycles. The Kier molecular flexibility index (Phi) is 4.11. The van der Waals surface area contributed by atoms with E-state index in [-0.39, 0.29) is 0 Å². The van der Waals surface area contributed by atoms with E-state index >= 15 is 0 Å². The number of hydrogen-bond donors (Lipinski definition) is 0. The molecule has 0 amide bonds. The summed E-state index contributed by atoms with van der Waals surface area (Å²) in [4.78, 5) is 0. The third-order valence-corrected chi connectivity index (χ3v) is 3.93. The molecule has 0 aromatic rings. The molecule has 1 aliphatic carbocycles. The molecule has 0 bridgehead atoms. The van der Waals surface area contributed by atoms with Crippen LogP contribution in [0.1, 0.15) is 59.3 Å². The molecule has 1 rings (SSSR count). The van der Waals surface area contributed by atoms with Crippen LogP contribution in [-0.4, -0.2) is 0 Å². The monoisotopic (exact) mass is 168 g/mol. The lowest BCUT2D eigenvalue weighted by Gasteiger charge is -2.31. The minimum atomic E-state index is 0.938. The van der Waals surface area contributed by atoms with Crippen LogP contribution in [0.5, 0.6) is 0 Å². The van der Waals surface area contributed by atoms with E-state index in [2.05, 4.69) is 20.8 Å². The fraction of sp³-hybridized carbons (Fsp3) is 1.00. The molecule has 0 heterocycles. The second kappa shape index (κ2) is 4.89. The van der Waals surface area contributed by atoms with Crippen LogP contribution in [0, 0.1) is 17.8 Å². The van der Waals surface area contributed by atoms with E-state index in [1.165, 1.54) is 38.5 Å². The van der Waals surface area contributed by atoms with Crippen LogP contribution in [0.15, 0.2) is 0 Å². The average Bonchev–Trinajstić information content (AvgIpc) is 2.17. The van der Waals surface area contributed by atoms with E-state index < -0.39 is 0 Å². The lowest BCUT2D eigenvalue weighted by molar-refractivity contribution is 0.200. The Bertz CT molecular complexity index is 111. The minimum absolute atomic E-state index is 0.938. The molecule has 0 aromatic heterocycles. The van der Waals surface area contributed by atoms with Gasteiger partial charge in [-0.1, -0.05) is 59.3 Å². The van der Waals surface area contributed by atoms with Crippen molar-refractivity contribution >= 4 is 0 Å². The van der Waals surface area contributed by atoms with Crippen LogP contribution in [0.4, 0.5) is 0 Å². The molecule has 1 aliphatic rings. The Morgan fingerprint density at radius 2 is 1.67 bits per heavy atom. The van der Waals surface area contributed by atoms with Gasteiger partial charge in [-0.05, 0) is 17.8 Å². The second-order valence-corrected chi connectivity index (χ2v) is 4.64. The fourth-order valence-corrected chi connectivity index (χ4v) is 2.50. The van der Waals surface area contributed by atoms with Crippen LogP contribution >= 0.6 is 0 Å². The zero-order valence-corrected chi connectivity index (χ0v) is 8.97. The van der Waals surface area contributed by atoms with Gasteiger partial charge in [0.15, 0.2) is 0 Å². The highest BCUT2D eigenvalue weighted by atomic mass is 14.3. The Morgan fingerprint density at radius 3 is 2.17 bits per heavy atom. The van der Waals surface area contributed by atoms with Crippen LogP contribution in [-0.2, 0) is 0 Å². The van der Waals surface area contributed by atoms with Crippen molar-refractivity contribution in [2.24, 2.45) is 17.8 Å². The van der Waals surface area contributed by atoms with E-state index in [9.17, 15) is 0 Å². The molecule has 0 spiro atoms. The Labute approximate surface area is 77.7 Å². The molecule has 0 nitrogen and oxygen atoms in total. The SMILES string of the molecule is CC[C@H](C)C(C)C1CCCCC1. The standard InChI is InChI=1S/C12H24/c1-4-10(2)11(3)12-8-6-5-7-9-12/h10-12H,4-9H2,1-3H3/t10-,11?/m0/s1. The van der Waals surface area contributed by atoms with Crippen LogP contribution in [0.3, 0.4) is 0 Å². The van der Waals surface area contributed by atoms with Gasteiger partial charge in [-0.15, -0.1) is 0 Å². The highest BCUT2D eigenvalue weighted by Crippen LogP contribution is 2.34. The first-order valence-electron chi connectivity index (χ1n) is 5.75. The molecule has 0 N–H and O–H groups in total. The largest absolute Gasteiger partial charge is 0.0651 e. The molecule has 12 heavy (non-hydrogen) atoms. The van der Waals surface area contributed by atoms with Crippen molar-refractivity contribution in [3.63, 3.8) is 0 Å². The predicted octanol–water partition coefficient (Wildman–Crippen LogP) is 4.25. The van der Waals surface area contributed by atoms with Gasteiger partial charge >= 0.3 is 0 Å². The predicted molar refractivity (Wildman–Crippen MR) is 55.2 cm³/mol. The molecule has 1 fully saturated rings. The normalized spacial score (nSPS) is 25.2. The highest BCUT2D eigenvalue weighted by molar-refractivity contribution is 4.74. The first-order valence-corrected chi connectivity index (χ1v) is 5.75. The van der Waals surface area contributed by atoms with E-state index in [4.69, 9.17) is 0 Å². The summed E-state index contributed by atoms with van der Waals surface area (Å²) in [5, 5.41) is 0. The van der Waals surface area contributed by atoms with Gasteiger partial charge < -0.3 is 0 Å². The van der Waals surface area contributed by atoms with Crippen molar-refractivity contribution in [3.05, 3.63) is 0 Å². The maximum atomic E-state index is 2.46. The van der Waals surface area contributed by atoms with Gasteiger partial charge in [-0.2, -0.15) is 0 Å². The van der Waals surface area contributed by atoms with E-state index in [1.807, 2.05) is 0 Å². The van der Waals surface area contributed by atoms with Crippen molar-refractivity contribution in [1.82, 2.24) is 0 Å². The zero-order valence-electron chi connectivity index (χ0n) is 8.97. The minimum Gasteiger partial charge on any atom is -0.0651 e. The van der Waals surface area contributed by atoms with Gasteiger partial charge in [0.05, 0.1) is 0 Å². The van der Waals surface area contributed by atoms with E-state index in [0.717, 1.165) is 17.8 Å². The van der Waals surface area contributed by atoms with Gasteiger partial charge in [0.1, 0.15) is 0 Å². The topological polar surface area (TPSA) is 0 Å². The van der Waals surface area contributed by atoms with Crippen molar-refractivity contribution in [3.8, 4) is 0 Å². The van der Waals surface area contributed by atoms with Crippen LogP contribution < -0.4 is 0 Å². The Balaban J connectivity index is 2.33. The van der Waals surface area contributed by atoms with Gasteiger partial charge in [0, 0.05) is 0 Å². The molecule has 72 valence electrons. The molecule has 0 radical (unpaired) electrons. The van der Waals surface area contributed by atoms with Gasteiger partial charge in [0.25, 0.3) is 0 Å². The van der Waals surface area contributed by atoms with Crippen molar-refractivity contribution in [1.29, 1.82) is 0 Å². The van der Waals surface area contributed by atoms with E-state index in [1.54, 1.807) is 0 Å². The van der Waals surface area contributed by atoms with Crippen molar-refractivity contribution < 1.29 is 0 Å². The van der Waals surface area contributed by atoms with Crippen LogP contribution in [0.2, 0.25) is 0 Å².